The zero-order chi connectivity index (χ0) is 8.27. The third kappa shape index (κ3) is 1.77. The molecule has 1 aliphatic rings. The molecule has 0 spiro atoms. The van der Waals surface area contributed by atoms with Crippen LogP contribution < -0.4 is 0 Å². The molecule has 62 valence electrons. The van der Waals surface area contributed by atoms with E-state index in [0.717, 1.165) is 0 Å². The standard InChI is InChI=1S/C7H11NO3/c1-10-7(9)5-4-11-3-2-6(5)8/h5,8H,2-4H2,1H3. The first kappa shape index (κ1) is 8.20. The molecule has 4 heteroatoms. The van der Waals surface area contributed by atoms with Crippen molar-refractivity contribution in [1.82, 2.24) is 0 Å². The summed E-state index contributed by atoms with van der Waals surface area (Å²) in [6.45, 7) is 0.845. The lowest BCUT2D eigenvalue weighted by Crippen LogP contribution is -2.34. The Kier molecular flexibility index (Phi) is 2.59. The van der Waals surface area contributed by atoms with Gasteiger partial charge in [0.15, 0.2) is 0 Å². The fraction of sp³-hybridized carbons (Fsp3) is 0.714. The van der Waals surface area contributed by atoms with Gasteiger partial charge in [-0.2, -0.15) is 0 Å². The molecule has 1 unspecified atom stereocenters. The van der Waals surface area contributed by atoms with Gasteiger partial charge in [0.25, 0.3) is 0 Å². The van der Waals surface area contributed by atoms with E-state index in [2.05, 4.69) is 4.74 Å². The summed E-state index contributed by atoms with van der Waals surface area (Å²) in [5, 5.41) is 7.40. The van der Waals surface area contributed by atoms with Crippen LogP contribution in [0.2, 0.25) is 0 Å². The molecule has 0 aliphatic carbocycles. The Morgan fingerprint density at radius 3 is 3.09 bits per heavy atom. The van der Waals surface area contributed by atoms with E-state index in [0.29, 0.717) is 25.3 Å². The summed E-state index contributed by atoms with van der Waals surface area (Å²) in [5.41, 5.74) is 0.420. The zero-order valence-electron chi connectivity index (χ0n) is 6.42. The summed E-state index contributed by atoms with van der Waals surface area (Å²) in [4.78, 5) is 10.9. The van der Waals surface area contributed by atoms with Crippen LogP contribution in [0.25, 0.3) is 0 Å². The highest BCUT2D eigenvalue weighted by molar-refractivity contribution is 6.01. The molecule has 1 fully saturated rings. The normalized spacial score (nSPS) is 24.8. The first-order valence-corrected chi connectivity index (χ1v) is 3.48. The molecule has 0 amide bonds. The van der Waals surface area contributed by atoms with E-state index in [4.69, 9.17) is 10.1 Å². The Balaban J connectivity index is 2.54. The van der Waals surface area contributed by atoms with Crippen molar-refractivity contribution in [2.45, 2.75) is 6.42 Å². The van der Waals surface area contributed by atoms with Crippen LogP contribution in [0, 0.1) is 11.3 Å². The molecule has 1 saturated heterocycles. The monoisotopic (exact) mass is 157 g/mol. The number of hydrogen-bond acceptors (Lipinski definition) is 4. The van der Waals surface area contributed by atoms with Gasteiger partial charge in [0, 0.05) is 12.1 Å². The second kappa shape index (κ2) is 3.48. The van der Waals surface area contributed by atoms with Gasteiger partial charge in [-0.1, -0.05) is 0 Å². The summed E-state index contributed by atoms with van der Waals surface area (Å²) in [5.74, 6) is -0.830. The third-order valence-corrected chi connectivity index (χ3v) is 1.71. The minimum absolute atomic E-state index is 0.297. The SMILES string of the molecule is COC(=O)C1COCCC1=N. The second-order valence-corrected chi connectivity index (χ2v) is 2.43. The van der Waals surface area contributed by atoms with Crippen molar-refractivity contribution in [3.05, 3.63) is 0 Å². The van der Waals surface area contributed by atoms with Crippen molar-refractivity contribution in [1.29, 1.82) is 5.41 Å². The zero-order valence-corrected chi connectivity index (χ0v) is 6.42. The van der Waals surface area contributed by atoms with Crippen LogP contribution in [0.5, 0.6) is 0 Å². The number of rotatable bonds is 1. The number of methoxy groups -OCH3 is 1. The molecule has 1 heterocycles. The number of carbonyl (C=O) groups excluding carboxylic acids is 1. The molecule has 1 rings (SSSR count). The average Bonchev–Trinajstić information content (AvgIpc) is 2.04. The molecule has 0 bridgehead atoms. The summed E-state index contributed by atoms with van der Waals surface area (Å²) in [7, 11) is 1.32. The van der Waals surface area contributed by atoms with E-state index in [1.165, 1.54) is 7.11 Å². The predicted octanol–water partition coefficient (Wildman–Crippen LogP) is 0.216. The summed E-state index contributed by atoms with van der Waals surface area (Å²) in [6, 6.07) is 0. The maximum absolute atomic E-state index is 10.9. The van der Waals surface area contributed by atoms with Crippen molar-refractivity contribution in [2.24, 2.45) is 5.92 Å². The van der Waals surface area contributed by atoms with Crippen LogP contribution in [-0.4, -0.2) is 32.0 Å². The quantitative estimate of drug-likeness (QED) is 0.554. The number of hydrogen-bond donors (Lipinski definition) is 1. The molecule has 0 radical (unpaired) electrons. The topological polar surface area (TPSA) is 59.4 Å². The molecular weight excluding hydrogens is 146 g/mol. The highest BCUT2D eigenvalue weighted by Crippen LogP contribution is 2.11. The fourth-order valence-corrected chi connectivity index (χ4v) is 1.01. The average molecular weight is 157 g/mol. The molecule has 1 N–H and O–H groups in total. The lowest BCUT2D eigenvalue weighted by Gasteiger charge is -2.20. The molecular formula is C7H11NO3. The Bertz CT molecular complexity index is 171. The fourth-order valence-electron chi connectivity index (χ4n) is 1.01. The smallest absolute Gasteiger partial charge is 0.316 e. The summed E-state index contributed by atoms with van der Waals surface area (Å²) < 4.78 is 9.53. The van der Waals surface area contributed by atoms with Crippen molar-refractivity contribution < 1.29 is 14.3 Å². The number of carbonyl (C=O) groups is 1. The maximum Gasteiger partial charge on any atom is 0.316 e. The summed E-state index contributed by atoms with van der Waals surface area (Å²) >= 11 is 0. The first-order chi connectivity index (χ1) is 5.25. The third-order valence-electron chi connectivity index (χ3n) is 1.71. The van der Waals surface area contributed by atoms with E-state index < -0.39 is 5.92 Å². The van der Waals surface area contributed by atoms with Crippen LogP contribution in [0.4, 0.5) is 0 Å². The molecule has 0 aromatic heterocycles. The van der Waals surface area contributed by atoms with Crippen molar-refractivity contribution in [2.75, 3.05) is 20.3 Å². The van der Waals surface area contributed by atoms with E-state index in [1.807, 2.05) is 0 Å². The van der Waals surface area contributed by atoms with E-state index >= 15 is 0 Å². The molecule has 0 aromatic rings. The van der Waals surface area contributed by atoms with Gasteiger partial charge >= 0.3 is 5.97 Å². The van der Waals surface area contributed by atoms with E-state index in [-0.39, 0.29) is 5.97 Å². The van der Waals surface area contributed by atoms with Gasteiger partial charge in [0.1, 0.15) is 5.92 Å². The van der Waals surface area contributed by atoms with Crippen LogP contribution >= 0.6 is 0 Å². The van der Waals surface area contributed by atoms with E-state index in [1.54, 1.807) is 0 Å². The molecule has 0 saturated carbocycles. The number of esters is 1. The minimum Gasteiger partial charge on any atom is -0.468 e. The molecule has 1 aliphatic heterocycles. The van der Waals surface area contributed by atoms with Gasteiger partial charge in [-0.3, -0.25) is 4.79 Å². The lowest BCUT2D eigenvalue weighted by molar-refractivity contribution is -0.145. The van der Waals surface area contributed by atoms with Crippen molar-refractivity contribution in [3.8, 4) is 0 Å². The van der Waals surface area contributed by atoms with Crippen molar-refractivity contribution >= 4 is 11.7 Å². The van der Waals surface area contributed by atoms with Gasteiger partial charge in [-0.15, -0.1) is 0 Å². The molecule has 0 aromatic carbocycles. The minimum atomic E-state index is -0.464. The van der Waals surface area contributed by atoms with E-state index in [9.17, 15) is 4.79 Å². The Morgan fingerprint density at radius 1 is 1.82 bits per heavy atom. The Labute approximate surface area is 65.0 Å². The number of nitrogens with one attached hydrogen (secondary N) is 1. The maximum atomic E-state index is 10.9. The summed E-state index contributed by atoms with van der Waals surface area (Å²) in [6.07, 6.45) is 0.541. The van der Waals surface area contributed by atoms with Crippen LogP contribution in [0.15, 0.2) is 0 Å². The molecule has 4 nitrogen and oxygen atoms in total. The van der Waals surface area contributed by atoms with Gasteiger partial charge in [-0.25, -0.2) is 0 Å². The lowest BCUT2D eigenvalue weighted by atomic mass is 10.0. The van der Waals surface area contributed by atoms with Crippen molar-refractivity contribution in [3.63, 3.8) is 0 Å². The Hall–Kier alpha value is -0.900. The highest BCUT2D eigenvalue weighted by Gasteiger charge is 2.27. The molecule has 11 heavy (non-hydrogen) atoms. The van der Waals surface area contributed by atoms with Gasteiger partial charge in [-0.05, 0) is 0 Å². The van der Waals surface area contributed by atoms with Gasteiger partial charge in [0.2, 0.25) is 0 Å². The highest BCUT2D eigenvalue weighted by atomic mass is 16.5. The second-order valence-electron chi connectivity index (χ2n) is 2.43. The van der Waals surface area contributed by atoms with Gasteiger partial charge in [0.05, 0.1) is 20.3 Å². The van der Waals surface area contributed by atoms with Crippen LogP contribution in [-0.2, 0) is 14.3 Å². The predicted molar refractivity (Wildman–Crippen MR) is 38.7 cm³/mol. The van der Waals surface area contributed by atoms with Crippen LogP contribution in [0.1, 0.15) is 6.42 Å². The van der Waals surface area contributed by atoms with Crippen LogP contribution in [0.3, 0.4) is 0 Å². The molecule has 1 atom stereocenters. The van der Waals surface area contributed by atoms with Gasteiger partial charge < -0.3 is 14.9 Å². The largest absolute Gasteiger partial charge is 0.468 e. The first-order valence-electron chi connectivity index (χ1n) is 3.48. The number of ether oxygens (including phenoxy) is 2. The Morgan fingerprint density at radius 2 is 2.55 bits per heavy atom.